The first-order chi connectivity index (χ1) is 26.8. The summed E-state index contributed by atoms with van der Waals surface area (Å²) in [6.45, 7) is 0. The summed E-state index contributed by atoms with van der Waals surface area (Å²) in [5.41, 5.74) is 9.75. The molecule has 0 atom stereocenters. The zero-order valence-electron chi connectivity index (χ0n) is 29.1. The van der Waals surface area contributed by atoms with Crippen LogP contribution in [0.5, 0.6) is 0 Å². The van der Waals surface area contributed by atoms with Crippen molar-refractivity contribution in [3.8, 4) is 45.5 Å². The molecule has 0 spiro atoms. The van der Waals surface area contributed by atoms with E-state index in [0.717, 1.165) is 39.1 Å². The van der Waals surface area contributed by atoms with Crippen molar-refractivity contribution < 1.29 is 0 Å². The normalized spacial score (nSPS) is 11.7. The van der Waals surface area contributed by atoms with Crippen molar-refractivity contribution in [1.29, 1.82) is 0 Å². The Hall–Kier alpha value is -7.37. The Morgan fingerprint density at radius 2 is 0.796 bits per heavy atom. The van der Waals surface area contributed by atoms with E-state index in [1.807, 2.05) is 60.7 Å². The van der Waals surface area contributed by atoms with Gasteiger partial charge in [0, 0.05) is 55.0 Å². The zero-order chi connectivity index (χ0) is 35.6. The molecule has 0 bridgehead atoms. The largest absolute Gasteiger partial charge is 0.309 e. The molecular formula is C49H31N5. The fourth-order valence-electron chi connectivity index (χ4n) is 8.06. The molecule has 0 aliphatic carbocycles. The Balaban J connectivity index is 1.13. The Morgan fingerprint density at radius 1 is 0.296 bits per heavy atom. The molecule has 3 aromatic heterocycles. The van der Waals surface area contributed by atoms with Gasteiger partial charge in [-0.15, -0.1) is 0 Å². The van der Waals surface area contributed by atoms with Crippen LogP contribution < -0.4 is 0 Å². The lowest BCUT2D eigenvalue weighted by atomic mass is 10.0. The summed E-state index contributed by atoms with van der Waals surface area (Å²) in [5, 5.41) is 7.40. The van der Waals surface area contributed by atoms with E-state index in [1.165, 1.54) is 43.4 Å². The van der Waals surface area contributed by atoms with Crippen molar-refractivity contribution in [3.63, 3.8) is 0 Å². The molecule has 0 N–H and O–H groups in total. The van der Waals surface area contributed by atoms with Gasteiger partial charge in [-0.2, -0.15) is 0 Å². The molecule has 0 aliphatic rings. The first kappa shape index (κ1) is 30.3. The van der Waals surface area contributed by atoms with E-state index >= 15 is 0 Å². The number of fused-ring (bicyclic) bond motifs is 8. The Labute approximate surface area is 311 Å². The van der Waals surface area contributed by atoms with Gasteiger partial charge in [0.2, 0.25) is 0 Å². The number of rotatable bonds is 5. The van der Waals surface area contributed by atoms with E-state index in [-0.39, 0.29) is 0 Å². The second-order valence-electron chi connectivity index (χ2n) is 13.7. The molecule has 0 amide bonds. The summed E-state index contributed by atoms with van der Waals surface area (Å²) in [5.74, 6) is 1.94. The smallest absolute Gasteiger partial charge is 0.164 e. The number of hydrogen-bond donors (Lipinski definition) is 0. The average Bonchev–Trinajstić information content (AvgIpc) is 3.76. The first-order valence-corrected chi connectivity index (χ1v) is 18.2. The number of nitrogens with zero attached hydrogens (tertiary/aromatic N) is 5. The number of benzene rings is 8. The minimum atomic E-state index is 0.637. The van der Waals surface area contributed by atoms with Crippen molar-refractivity contribution in [2.24, 2.45) is 0 Å². The van der Waals surface area contributed by atoms with Crippen LogP contribution >= 0.6 is 0 Å². The van der Waals surface area contributed by atoms with Crippen LogP contribution in [0.2, 0.25) is 0 Å². The molecule has 252 valence electrons. The molecule has 11 rings (SSSR count). The van der Waals surface area contributed by atoms with Gasteiger partial charge in [0.15, 0.2) is 17.5 Å². The predicted octanol–water partition coefficient (Wildman–Crippen LogP) is 12.2. The monoisotopic (exact) mass is 689 g/mol. The standard InChI is InChI=1S/C49H31N5/c1-4-15-33(16-5-1)47-50-48(34-17-6-2-7-18-34)52-49(51-47)35-24-27-37(28-25-35)53-43-23-13-12-22-39(43)41-30-42-40-29-26-32-14-10-11-21-38(32)46(40)54(45(42)31-44(41)53)36-19-8-3-9-20-36/h1-31H. The van der Waals surface area contributed by atoms with E-state index in [4.69, 9.17) is 15.0 Å². The molecule has 8 aromatic carbocycles. The van der Waals surface area contributed by atoms with Crippen LogP contribution in [0.15, 0.2) is 188 Å². The van der Waals surface area contributed by atoms with E-state index in [9.17, 15) is 0 Å². The van der Waals surface area contributed by atoms with Gasteiger partial charge in [0.25, 0.3) is 0 Å². The molecule has 5 heteroatoms. The van der Waals surface area contributed by atoms with Gasteiger partial charge in [-0.25, -0.2) is 15.0 Å². The second kappa shape index (κ2) is 12.1. The Kier molecular flexibility index (Phi) is 6.79. The third-order valence-electron chi connectivity index (χ3n) is 10.5. The van der Waals surface area contributed by atoms with Gasteiger partial charge in [-0.1, -0.05) is 133 Å². The van der Waals surface area contributed by atoms with Gasteiger partial charge >= 0.3 is 0 Å². The quantitative estimate of drug-likeness (QED) is 0.181. The topological polar surface area (TPSA) is 48.5 Å². The minimum absolute atomic E-state index is 0.637. The van der Waals surface area contributed by atoms with Gasteiger partial charge < -0.3 is 9.13 Å². The Bertz CT molecular complexity index is 3120. The zero-order valence-corrected chi connectivity index (χ0v) is 29.1. The second-order valence-corrected chi connectivity index (χ2v) is 13.7. The highest BCUT2D eigenvalue weighted by molar-refractivity contribution is 6.23. The van der Waals surface area contributed by atoms with Crippen LogP contribution in [0, 0.1) is 0 Å². The van der Waals surface area contributed by atoms with Crippen LogP contribution in [0.3, 0.4) is 0 Å². The number of para-hydroxylation sites is 2. The summed E-state index contributed by atoms with van der Waals surface area (Å²) in [4.78, 5) is 14.8. The molecule has 0 saturated carbocycles. The highest BCUT2D eigenvalue weighted by Crippen LogP contribution is 2.41. The predicted molar refractivity (Wildman–Crippen MR) is 222 cm³/mol. The lowest BCUT2D eigenvalue weighted by Gasteiger charge is -2.12. The van der Waals surface area contributed by atoms with E-state index < -0.39 is 0 Å². The summed E-state index contributed by atoms with van der Waals surface area (Å²) in [6, 6.07) is 66.3. The van der Waals surface area contributed by atoms with Crippen LogP contribution in [-0.4, -0.2) is 24.1 Å². The molecule has 0 fully saturated rings. The molecule has 0 unspecified atom stereocenters. The molecule has 54 heavy (non-hydrogen) atoms. The van der Waals surface area contributed by atoms with E-state index in [2.05, 4.69) is 137 Å². The first-order valence-electron chi connectivity index (χ1n) is 18.2. The van der Waals surface area contributed by atoms with Crippen LogP contribution in [0.4, 0.5) is 0 Å². The van der Waals surface area contributed by atoms with E-state index in [1.54, 1.807) is 0 Å². The van der Waals surface area contributed by atoms with Crippen molar-refractivity contribution in [2.75, 3.05) is 0 Å². The molecule has 0 aliphatic heterocycles. The maximum absolute atomic E-state index is 4.97. The molecule has 0 radical (unpaired) electrons. The van der Waals surface area contributed by atoms with Crippen molar-refractivity contribution in [1.82, 2.24) is 24.1 Å². The fraction of sp³-hybridized carbons (Fsp3) is 0. The van der Waals surface area contributed by atoms with Crippen LogP contribution in [-0.2, 0) is 0 Å². The summed E-state index contributed by atoms with van der Waals surface area (Å²) < 4.78 is 4.82. The van der Waals surface area contributed by atoms with Crippen molar-refractivity contribution >= 4 is 54.4 Å². The SMILES string of the molecule is c1ccc(-c2nc(-c3ccccc3)nc(-c3ccc(-n4c5ccccc5c5cc6c7ccc8ccccc8c7n(-c7ccccc7)c6cc54)cc3)n2)cc1. The van der Waals surface area contributed by atoms with Gasteiger partial charge in [-0.3, -0.25) is 0 Å². The average molecular weight is 690 g/mol. The van der Waals surface area contributed by atoms with Crippen LogP contribution in [0.25, 0.3) is 99.9 Å². The third kappa shape index (κ3) is 4.76. The number of aromatic nitrogens is 5. The fourth-order valence-corrected chi connectivity index (χ4v) is 8.06. The highest BCUT2D eigenvalue weighted by atomic mass is 15.0. The lowest BCUT2D eigenvalue weighted by Crippen LogP contribution is -2.00. The maximum Gasteiger partial charge on any atom is 0.164 e. The summed E-state index contributed by atoms with van der Waals surface area (Å²) in [6.07, 6.45) is 0. The third-order valence-corrected chi connectivity index (χ3v) is 10.5. The lowest BCUT2D eigenvalue weighted by molar-refractivity contribution is 1.07. The van der Waals surface area contributed by atoms with Gasteiger partial charge in [0.1, 0.15) is 0 Å². The highest BCUT2D eigenvalue weighted by Gasteiger charge is 2.20. The Morgan fingerprint density at radius 3 is 1.46 bits per heavy atom. The molecular weight excluding hydrogens is 659 g/mol. The summed E-state index contributed by atoms with van der Waals surface area (Å²) in [7, 11) is 0. The van der Waals surface area contributed by atoms with Crippen LogP contribution in [0.1, 0.15) is 0 Å². The van der Waals surface area contributed by atoms with Crippen molar-refractivity contribution in [2.45, 2.75) is 0 Å². The maximum atomic E-state index is 4.97. The molecule has 0 saturated heterocycles. The minimum Gasteiger partial charge on any atom is -0.309 e. The van der Waals surface area contributed by atoms with Gasteiger partial charge in [-0.05, 0) is 60.0 Å². The number of hydrogen-bond acceptors (Lipinski definition) is 3. The van der Waals surface area contributed by atoms with E-state index in [0.29, 0.717) is 17.5 Å². The molecule has 5 nitrogen and oxygen atoms in total. The molecule has 11 aromatic rings. The van der Waals surface area contributed by atoms with Crippen molar-refractivity contribution in [3.05, 3.63) is 188 Å². The van der Waals surface area contributed by atoms with Gasteiger partial charge in [0.05, 0.1) is 22.1 Å². The molecule has 3 heterocycles. The summed E-state index contributed by atoms with van der Waals surface area (Å²) >= 11 is 0.